The smallest absolute Gasteiger partial charge is 0.225 e. The molecule has 0 heterocycles. The molecule has 1 rings (SSSR count). The first-order valence-electron chi connectivity index (χ1n) is 5.64. The van der Waals surface area contributed by atoms with Gasteiger partial charge in [-0.2, -0.15) is 0 Å². The molecule has 0 bridgehead atoms. The number of amides is 1. The molecule has 1 aromatic rings. The van der Waals surface area contributed by atoms with E-state index in [1.807, 2.05) is 45.2 Å². The van der Waals surface area contributed by atoms with Crippen LogP contribution in [0.15, 0.2) is 24.3 Å². The van der Waals surface area contributed by atoms with Crippen LogP contribution in [0.2, 0.25) is 0 Å². The summed E-state index contributed by atoms with van der Waals surface area (Å²) in [4.78, 5) is 13.6. The molecule has 1 unspecified atom stereocenters. The first-order chi connectivity index (χ1) is 7.56. The van der Waals surface area contributed by atoms with Gasteiger partial charge in [0.2, 0.25) is 5.91 Å². The fourth-order valence-corrected chi connectivity index (χ4v) is 1.56. The number of hydrogen-bond acceptors (Lipinski definition) is 2. The molecule has 3 heteroatoms. The molecule has 88 valence electrons. The Labute approximate surface area is 97.2 Å². The largest absolute Gasteiger partial charge is 0.398 e. The van der Waals surface area contributed by atoms with Gasteiger partial charge >= 0.3 is 0 Å². The van der Waals surface area contributed by atoms with Crippen molar-refractivity contribution in [2.45, 2.75) is 26.8 Å². The van der Waals surface area contributed by atoms with Crippen LogP contribution < -0.4 is 5.73 Å². The maximum Gasteiger partial charge on any atom is 0.225 e. The van der Waals surface area contributed by atoms with E-state index < -0.39 is 0 Å². The van der Waals surface area contributed by atoms with Crippen LogP contribution >= 0.6 is 0 Å². The van der Waals surface area contributed by atoms with Crippen molar-refractivity contribution in [1.29, 1.82) is 0 Å². The lowest BCUT2D eigenvalue weighted by Gasteiger charge is -2.21. The van der Waals surface area contributed by atoms with E-state index in [2.05, 4.69) is 0 Å². The number of nitrogens with zero attached hydrogens (tertiary/aromatic N) is 1. The molecule has 0 saturated carbocycles. The normalized spacial score (nSPS) is 12.2. The van der Waals surface area contributed by atoms with Gasteiger partial charge in [0, 0.05) is 25.2 Å². The number of benzene rings is 1. The zero-order valence-corrected chi connectivity index (χ0v) is 10.2. The molecule has 0 radical (unpaired) electrons. The molecule has 1 aromatic carbocycles. The summed E-state index contributed by atoms with van der Waals surface area (Å²) in [5, 5.41) is 0. The van der Waals surface area contributed by atoms with Crippen LogP contribution in [0.4, 0.5) is 5.69 Å². The van der Waals surface area contributed by atoms with E-state index in [1.165, 1.54) is 0 Å². The highest BCUT2D eigenvalue weighted by Gasteiger charge is 2.16. The zero-order chi connectivity index (χ0) is 12.1. The monoisotopic (exact) mass is 220 g/mol. The van der Waals surface area contributed by atoms with Crippen molar-refractivity contribution in [3.8, 4) is 0 Å². The Morgan fingerprint density at radius 3 is 2.62 bits per heavy atom. The van der Waals surface area contributed by atoms with Crippen LogP contribution in [0, 0.1) is 5.92 Å². The fraction of sp³-hybridized carbons (Fsp3) is 0.462. The maximum absolute atomic E-state index is 11.9. The van der Waals surface area contributed by atoms with Crippen molar-refractivity contribution in [2.75, 3.05) is 12.8 Å². The van der Waals surface area contributed by atoms with Crippen molar-refractivity contribution < 1.29 is 4.79 Å². The van der Waals surface area contributed by atoms with E-state index in [9.17, 15) is 4.79 Å². The summed E-state index contributed by atoms with van der Waals surface area (Å²) in [6.45, 7) is 4.55. The highest BCUT2D eigenvalue weighted by molar-refractivity contribution is 5.78. The molecular formula is C13H20N2O. The number of para-hydroxylation sites is 1. The fourth-order valence-electron chi connectivity index (χ4n) is 1.56. The first kappa shape index (κ1) is 12.6. The summed E-state index contributed by atoms with van der Waals surface area (Å²) in [5.74, 6) is 0.251. The lowest BCUT2D eigenvalue weighted by Crippen LogP contribution is -2.31. The van der Waals surface area contributed by atoms with Crippen molar-refractivity contribution in [1.82, 2.24) is 4.90 Å². The number of carbonyl (C=O) groups excluding carboxylic acids is 1. The van der Waals surface area contributed by atoms with Crippen LogP contribution in [0.1, 0.15) is 25.8 Å². The highest BCUT2D eigenvalue weighted by atomic mass is 16.2. The minimum atomic E-state index is 0.0786. The second kappa shape index (κ2) is 5.54. The van der Waals surface area contributed by atoms with Gasteiger partial charge in [-0.25, -0.2) is 0 Å². The minimum absolute atomic E-state index is 0.0786. The number of nitrogen functional groups attached to an aromatic ring is 1. The molecule has 0 spiro atoms. The molecule has 0 aromatic heterocycles. The Hall–Kier alpha value is -1.51. The lowest BCUT2D eigenvalue weighted by molar-refractivity contribution is -0.134. The van der Waals surface area contributed by atoms with Crippen molar-refractivity contribution in [3.63, 3.8) is 0 Å². The Morgan fingerprint density at radius 2 is 2.06 bits per heavy atom. The molecule has 0 aliphatic heterocycles. The summed E-state index contributed by atoms with van der Waals surface area (Å²) in [6.07, 6.45) is 0.868. The third-order valence-electron chi connectivity index (χ3n) is 2.87. The van der Waals surface area contributed by atoms with Crippen molar-refractivity contribution in [2.24, 2.45) is 5.92 Å². The number of hydrogen-bond donors (Lipinski definition) is 1. The molecule has 0 aliphatic carbocycles. The molecule has 0 fully saturated rings. The summed E-state index contributed by atoms with van der Waals surface area (Å²) in [7, 11) is 1.82. The molecule has 1 amide bonds. The first-order valence-corrected chi connectivity index (χ1v) is 5.64. The van der Waals surface area contributed by atoms with Gasteiger partial charge in [0.25, 0.3) is 0 Å². The van der Waals surface area contributed by atoms with Gasteiger partial charge in [-0.1, -0.05) is 32.0 Å². The van der Waals surface area contributed by atoms with E-state index in [0.29, 0.717) is 6.54 Å². The standard InChI is InChI=1S/C13H20N2O/c1-4-10(2)13(16)15(3)9-11-7-5-6-8-12(11)14/h5-8,10H,4,9,14H2,1-3H3. The summed E-state index contributed by atoms with van der Waals surface area (Å²) >= 11 is 0. The maximum atomic E-state index is 11.9. The van der Waals surface area contributed by atoms with E-state index in [4.69, 9.17) is 5.73 Å². The summed E-state index contributed by atoms with van der Waals surface area (Å²) in [5.41, 5.74) is 7.58. The molecule has 0 aliphatic rings. The average Bonchev–Trinajstić information content (AvgIpc) is 2.30. The SMILES string of the molecule is CCC(C)C(=O)N(C)Cc1ccccc1N. The van der Waals surface area contributed by atoms with Gasteiger partial charge in [0.15, 0.2) is 0 Å². The Bertz CT molecular complexity index is 363. The Morgan fingerprint density at radius 1 is 1.44 bits per heavy atom. The number of carbonyl (C=O) groups is 1. The minimum Gasteiger partial charge on any atom is -0.398 e. The third-order valence-corrected chi connectivity index (χ3v) is 2.87. The van der Waals surface area contributed by atoms with Gasteiger partial charge in [-0.05, 0) is 18.1 Å². The van der Waals surface area contributed by atoms with Gasteiger partial charge in [0.05, 0.1) is 0 Å². The number of anilines is 1. The lowest BCUT2D eigenvalue weighted by atomic mass is 10.1. The summed E-state index contributed by atoms with van der Waals surface area (Å²) in [6, 6.07) is 7.65. The predicted octanol–water partition coefficient (Wildman–Crippen LogP) is 2.27. The molecule has 16 heavy (non-hydrogen) atoms. The second-order valence-corrected chi connectivity index (χ2v) is 4.20. The molecule has 2 N–H and O–H groups in total. The number of nitrogens with two attached hydrogens (primary N) is 1. The Balaban J connectivity index is 2.68. The van der Waals surface area contributed by atoms with Crippen LogP contribution in [0.25, 0.3) is 0 Å². The highest BCUT2D eigenvalue weighted by Crippen LogP contribution is 2.14. The second-order valence-electron chi connectivity index (χ2n) is 4.20. The number of rotatable bonds is 4. The van der Waals surface area contributed by atoms with Crippen LogP contribution in [0.3, 0.4) is 0 Å². The topological polar surface area (TPSA) is 46.3 Å². The van der Waals surface area contributed by atoms with Gasteiger partial charge in [0.1, 0.15) is 0 Å². The van der Waals surface area contributed by atoms with Crippen molar-refractivity contribution >= 4 is 11.6 Å². The third kappa shape index (κ3) is 2.99. The molecule has 0 saturated heterocycles. The van der Waals surface area contributed by atoms with Gasteiger partial charge in [-0.3, -0.25) is 4.79 Å². The van der Waals surface area contributed by atoms with Crippen LogP contribution in [-0.4, -0.2) is 17.9 Å². The van der Waals surface area contributed by atoms with E-state index in [0.717, 1.165) is 17.7 Å². The van der Waals surface area contributed by atoms with Crippen LogP contribution in [0.5, 0.6) is 0 Å². The zero-order valence-electron chi connectivity index (χ0n) is 10.2. The quantitative estimate of drug-likeness (QED) is 0.791. The van der Waals surface area contributed by atoms with E-state index in [1.54, 1.807) is 4.90 Å². The predicted molar refractivity (Wildman–Crippen MR) is 66.8 cm³/mol. The average molecular weight is 220 g/mol. The van der Waals surface area contributed by atoms with Crippen LogP contribution in [-0.2, 0) is 11.3 Å². The molecule has 3 nitrogen and oxygen atoms in total. The molecule has 1 atom stereocenters. The summed E-state index contributed by atoms with van der Waals surface area (Å²) < 4.78 is 0. The molecular weight excluding hydrogens is 200 g/mol. The van der Waals surface area contributed by atoms with Crippen molar-refractivity contribution in [3.05, 3.63) is 29.8 Å². The van der Waals surface area contributed by atoms with Gasteiger partial charge in [-0.15, -0.1) is 0 Å². The van der Waals surface area contributed by atoms with Gasteiger partial charge < -0.3 is 10.6 Å². The van der Waals surface area contributed by atoms with E-state index >= 15 is 0 Å². The Kier molecular flexibility index (Phi) is 4.35. The van der Waals surface area contributed by atoms with E-state index in [-0.39, 0.29) is 11.8 Å².